The topological polar surface area (TPSA) is 108 Å². The van der Waals surface area contributed by atoms with Gasteiger partial charge in [0.05, 0.1) is 25.7 Å². The number of aliphatic carboxylic acids is 1. The fraction of sp³-hybridized carbons (Fsp3) is 0.889. The number of nitrogens with two attached hydrogens (primary N) is 1. The third-order valence-electron chi connectivity index (χ3n) is 14.0. The van der Waals surface area contributed by atoms with Crippen LogP contribution in [0.3, 0.4) is 0 Å². The molecule has 0 aromatic rings. The molecule has 0 amide bonds. The number of hydrogen-bond donors (Lipinski definition) is 2. The van der Waals surface area contributed by atoms with Crippen molar-refractivity contribution in [2.24, 2.45) is 62.4 Å². The molecule has 7 heteroatoms. The normalized spacial score (nSPS) is 46.6. The molecular weight excluding hydrogens is 542 g/mol. The fourth-order valence-corrected chi connectivity index (χ4v) is 11.5. The first kappa shape index (κ1) is 32.9. The van der Waals surface area contributed by atoms with Crippen molar-refractivity contribution < 1.29 is 28.9 Å². The molecule has 43 heavy (non-hydrogen) atoms. The van der Waals surface area contributed by atoms with Crippen LogP contribution in [0, 0.1) is 56.7 Å². The minimum absolute atomic E-state index is 0.155. The van der Waals surface area contributed by atoms with Crippen molar-refractivity contribution in [3.05, 3.63) is 11.6 Å². The van der Waals surface area contributed by atoms with Crippen LogP contribution in [-0.2, 0) is 23.8 Å². The smallest absolute Gasteiger partial charge is 0.307 e. The number of carboxylic acids is 1. The van der Waals surface area contributed by atoms with Gasteiger partial charge in [-0.05, 0) is 92.3 Å². The zero-order chi connectivity index (χ0) is 32.0. The minimum atomic E-state index is -0.642. The first-order valence-corrected chi connectivity index (χ1v) is 16.9. The summed E-state index contributed by atoms with van der Waals surface area (Å²) < 4.78 is 19.2. The molecule has 0 spiro atoms. The monoisotopic (exact) mass is 601 g/mol. The van der Waals surface area contributed by atoms with Crippen LogP contribution in [0.1, 0.15) is 108 Å². The van der Waals surface area contributed by atoms with E-state index in [0.29, 0.717) is 44.0 Å². The predicted molar refractivity (Wildman–Crippen MR) is 167 cm³/mol. The van der Waals surface area contributed by atoms with Crippen LogP contribution in [0.5, 0.6) is 0 Å². The zero-order valence-electron chi connectivity index (χ0n) is 28.5. The van der Waals surface area contributed by atoms with E-state index >= 15 is 0 Å². The Morgan fingerprint density at radius 3 is 2.35 bits per heavy atom. The Morgan fingerprint density at radius 1 is 1.09 bits per heavy atom. The summed E-state index contributed by atoms with van der Waals surface area (Å²) in [4.78, 5) is 25.8. The Labute approximate surface area is 260 Å². The van der Waals surface area contributed by atoms with Crippen molar-refractivity contribution in [1.29, 1.82) is 0 Å². The van der Waals surface area contributed by atoms with Crippen molar-refractivity contribution >= 4 is 11.9 Å². The third-order valence-corrected chi connectivity index (χ3v) is 14.0. The number of rotatable bonds is 7. The van der Waals surface area contributed by atoms with E-state index in [4.69, 9.17) is 19.9 Å². The summed E-state index contributed by atoms with van der Waals surface area (Å²) in [6.07, 6.45) is 7.17. The highest BCUT2D eigenvalue weighted by molar-refractivity contribution is 5.73. The summed E-state index contributed by atoms with van der Waals surface area (Å²) in [6.45, 7) is 22.9. The number of carbonyl (C=O) groups excluding carboxylic acids is 1. The molecule has 2 bridgehead atoms. The second-order valence-electron chi connectivity index (χ2n) is 17.4. The fourth-order valence-electron chi connectivity index (χ4n) is 11.5. The molecule has 1 heterocycles. The minimum Gasteiger partial charge on any atom is -0.481 e. The highest BCUT2D eigenvalue weighted by atomic mass is 16.6. The van der Waals surface area contributed by atoms with Gasteiger partial charge in [0.25, 0.3) is 0 Å². The Hall–Kier alpha value is -1.44. The van der Waals surface area contributed by atoms with E-state index in [-0.39, 0.29) is 51.2 Å². The number of fused-ring (bicyclic) bond motifs is 3. The van der Waals surface area contributed by atoms with Crippen LogP contribution >= 0.6 is 0 Å². The molecule has 0 aromatic carbocycles. The van der Waals surface area contributed by atoms with Crippen molar-refractivity contribution in [3.63, 3.8) is 0 Å². The number of allylic oxidation sites excluding steroid dienone is 1. The van der Waals surface area contributed by atoms with Gasteiger partial charge in [-0.15, -0.1) is 0 Å². The van der Waals surface area contributed by atoms with E-state index in [0.717, 1.165) is 32.1 Å². The molecule has 4 fully saturated rings. The molecule has 0 unspecified atom stereocenters. The molecule has 1 aliphatic heterocycles. The standard InChI is InChI=1S/C36H59NO6/c1-21(2)22(3)32(7)15-16-34(9)24-11-12-27-33(8)19-41-20-36(27,25(24)13-14-35(34,10)28(32)30(39)40)17-26(43-23(4)38)29(33)42-18-31(5,6)37/h13,21-22,24,26-29H,11-12,14-20,37H2,1-10H3,(H,39,40)/t22-,24+,26-,27+,28-,29+,32-,33-,34-,35+,36+/m1/s1. The van der Waals surface area contributed by atoms with E-state index < -0.39 is 17.4 Å². The number of carboxylic acid groups (broad SMARTS) is 1. The maximum absolute atomic E-state index is 13.3. The summed E-state index contributed by atoms with van der Waals surface area (Å²) in [6, 6.07) is 0. The number of carbonyl (C=O) groups is 2. The lowest BCUT2D eigenvalue weighted by Gasteiger charge is -2.71. The second-order valence-corrected chi connectivity index (χ2v) is 17.4. The van der Waals surface area contributed by atoms with Gasteiger partial charge in [0.2, 0.25) is 0 Å². The van der Waals surface area contributed by atoms with Crippen LogP contribution in [0.2, 0.25) is 0 Å². The van der Waals surface area contributed by atoms with Gasteiger partial charge in [0, 0.05) is 23.3 Å². The van der Waals surface area contributed by atoms with E-state index in [1.165, 1.54) is 12.5 Å². The van der Waals surface area contributed by atoms with Gasteiger partial charge in [-0.2, -0.15) is 0 Å². The largest absolute Gasteiger partial charge is 0.481 e. The third kappa shape index (κ3) is 4.76. The maximum atomic E-state index is 13.3. The van der Waals surface area contributed by atoms with Crippen LogP contribution in [0.4, 0.5) is 0 Å². The molecule has 4 aliphatic carbocycles. The van der Waals surface area contributed by atoms with Gasteiger partial charge in [0.15, 0.2) is 0 Å². The summed E-state index contributed by atoms with van der Waals surface area (Å²) in [5, 5.41) is 10.9. The molecular formula is C36H59NO6. The Morgan fingerprint density at radius 2 is 1.77 bits per heavy atom. The zero-order valence-corrected chi connectivity index (χ0v) is 28.5. The SMILES string of the molecule is CC(=O)O[C@@H]1C[C@@]23COC[C@](C)([C@@H]2CC[C@H]2C3=CC[C@@]3(C)[C@H](C(=O)O)[C@@](C)([C@H](C)C(C)C)CC[C@]23C)[C@H]1OCC(C)(C)N. The summed E-state index contributed by atoms with van der Waals surface area (Å²) in [5.74, 6) is -0.0326. The molecule has 1 saturated heterocycles. The average Bonchev–Trinajstić information content (AvgIpc) is 2.87. The second kappa shape index (κ2) is 10.6. The molecule has 3 saturated carbocycles. The molecule has 244 valence electrons. The number of ether oxygens (including phenoxy) is 3. The van der Waals surface area contributed by atoms with Gasteiger partial charge in [0.1, 0.15) is 12.2 Å². The lowest BCUT2D eigenvalue weighted by atomic mass is 9.34. The van der Waals surface area contributed by atoms with E-state index in [2.05, 4.69) is 54.5 Å². The van der Waals surface area contributed by atoms with Crippen LogP contribution in [-0.4, -0.2) is 54.6 Å². The molecule has 3 N–H and O–H groups in total. The van der Waals surface area contributed by atoms with E-state index in [1.54, 1.807) is 0 Å². The first-order valence-electron chi connectivity index (χ1n) is 16.9. The van der Waals surface area contributed by atoms with Crippen molar-refractivity contribution in [2.45, 2.75) is 126 Å². The van der Waals surface area contributed by atoms with Gasteiger partial charge in [-0.1, -0.05) is 60.1 Å². The van der Waals surface area contributed by atoms with Gasteiger partial charge >= 0.3 is 11.9 Å². The highest BCUT2D eigenvalue weighted by Crippen LogP contribution is 2.75. The van der Waals surface area contributed by atoms with Crippen molar-refractivity contribution in [1.82, 2.24) is 0 Å². The van der Waals surface area contributed by atoms with Gasteiger partial charge in [-0.3, -0.25) is 9.59 Å². The molecule has 0 radical (unpaired) electrons. The summed E-state index contributed by atoms with van der Waals surface area (Å²) in [7, 11) is 0. The van der Waals surface area contributed by atoms with Crippen molar-refractivity contribution in [2.75, 3.05) is 19.8 Å². The average molecular weight is 602 g/mol. The summed E-state index contributed by atoms with van der Waals surface area (Å²) >= 11 is 0. The highest BCUT2D eigenvalue weighted by Gasteiger charge is 2.72. The van der Waals surface area contributed by atoms with Gasteiger partial charge in [-0.25, -0.2) is 0 Å². The molecule has 11 atom stereocenters. The van der Waals surface area contributed by atoms with Crippen LogP contribution in [0.25, 0.3) is 0 Å². The molecule has 5 aliphatic rings. The molecule has 5 rings (SSSR count). The molecule has 0 aromatic heterocycles. The lowest BCUT2D eigenvalue weighted by molar-refractivity contribution is -0.268. The summed E-state index contributed by atoms with van der Waals surface area (Å²) in [5.41, 5.74) is 5.89. The van der Waals surface area contributed by atoms with Crippen LogP contribution in [0.15, 0.2) is 11.6 Å². The Balaban J connectivity index is 1.59. The Bertz CT molecular complexity index is 1160. The molecule has 7 nitrogen and oxygen atoms in total. The number of esters is 1. The maximum Gasteiger partial charge on any atom is 0.307 e. The first-order chi connectivity index (χ1) is 19.8. The quantitative estimate of drug-likeness (QED) is 0.249. The lowest BCUT2D eigenvalue weighted by Crippen LogP contribution is -2.70. The van der Waals surface area contributed by atoms with Crippen LogP contribution < -0.4 is 5.73 Å². The Kier molecular flexibility index (Phi) is 8.08. The van der Waals surface area contributed by atoms with Gasteiger partial charge < -0.3 is 25.1 Å². The van der Waals surface area contributed by atoms with Crippen molar-refractivity contribution in [3.8, 4) is 0 Å². The van der Waals surface area contributed by atoms with E-state index in [1.807, 2.05) is 13.8 Å². The van der Waals surface area contributed by atoms with E-state index in [9.17, 15) is 14.7 Å². The number of hydrogen-bond acceptors (Lipinski definition) is 6. The predicted octanol–water partition coefficient (Wildman–Crippen LogP) is 6.63.